The van der Waals surface area contributed by atoms with Gasteiger partial charge in [0.15, 0.2) is 5.60 Å². The zero-order chi connectivity index (χ0) is 29.2. The minimum Gasteiger partial charge on any atom is -0.476 e. The summed E-state index contributed by atoms with van der Waals surface area (Å²) in [6.07, 6.45) is 0. The molecule has 3 aromatic carbocycles. The largest absolute Gasteiger partial charge is 0.476 e. The maximum absolute atomic E-state index is 13.2. The number of methoxy groups -OCH3 is 1. The Balaban J connectivity index is 1.52. The fourth-order valence-electron chi connectivity index (χ4n) is 4.97. The van der Waals surface area contributed by atoms with Crippen molar-refractivity contribution in [2.45, 2.75) is 72.6 Å². The number of aromatic nitrogens is 1. The summed E-state index contributed by atoms with van der Waals surface area (Å²) in [6, 6.07) is 22.0. The van der Waals surface area contributed by atoms with Gasteiger partial charge in [-0.05, 0) is 93.1 Å². The third-order valence-corrected chi connectivity index (χ3v) is 7.64. The zero-order valence-corrected chi connectivity index (χ0v) is 24.8. The van der Waals surface area contributed by atoms with Gasteiger partial charge in [-0.25, -0.2) is 4.79 Å². The zero-order valence-electron chi connectivity index (χ0n) is 24.8. The number of esters is 1. The number of benzene rings is 3. The molecule has 4 rings (SSSR count). The number of nitrogens with zero attached hydrogens (tertiary/aromatic N) is 1. The van der Waals surface area contributed by atoms with Crippen LogP contribution in [0.3, 0.4) is 0 Å². The molecule has 1 heterocycles. The number of hydrogen-bond donors (Lipinski definition) is 1. The van der Waals surface area contributed by atoms with Crippen molar-refractivity contribution in [3.63, 3.8) is 0 Å². The third kappa shape index (κ3) is 6.06. The summed E-state index contributed by atoms with van der Waals surface area (Å²) in [5, 5.41) is 4.24. The molecule has 0 fully saturated rings. The van der Waals surface area contributed by atoms with Crippen molar-refractivity contribution in [3.05, 3.63) is 100 Å². The molecule has 6 heteroatoms. The van der Waals surface area contributed by atoms with Gasteiger partial charge in [0.25, 0.3) is 5.91 Å². The highest BCUT2D eigenvalue weighted by Crippen LogP contribution is 2.29. The van der Waals surface area contributed by atoms with E-state index in [1.807, 2.05) is 49.4 Å². The molecule has 4 aromatic rings. The van der Waals surface area contributed by atoms with Crippen molar-refractivity contribution >= 4 is 22.8 Å². The lowest BCUT2D eigenvalue weighted by Crippen LogP contribution is -2.39. The van der Waals surface area contributed by atoms with Crippen LogP contribution < -0.4 is 10.1 Å². The molecule has 0 saturated carbocycles. The fraction of sp³-hybridized carbons (Fsp3) is 0.353. The smallest absolute Gasteiger partial charge is 0.349 e. The number of carbonyl (C=O) groups is 2. The number of ether oxygens (including phenoxy) is 2. The second kappa shape index (κ2) is 11.6. The Morgan fingerprint density at radius 3 is 2.25 bits per heavy atom. The summed E-state index contributed by atoms with van der Waals surface area (Å²) in [6.45, 7) is 14.6. The highest BCUT2D eigenvalue weighted by molar-refractivity contribution is 5.99. The fourth-order valence-corrected chi connectivity index (χ4v) is 4.97. The molecule has 0 radical (unpaired) electrons. The first-order valence-electron chi connectivity index (χ1n) is 13.8. The van der Waals surface area contributed by atoms with Gasteiger partial charge < -0.3 is 19.4 Å². The SMILES string of the molecule is COC(=O)C(C)(C)Oc1ccc(Cn2c(C)c(C)c3cc(C(=O)NC(C)c4cccc(C(C)C)c4)ccc32)cc1. The van der Waals surface area contributed by atoms with Crippen LogP contribution in [0.4, 0.5) is 0 Å². The number of amides is 1. The summed E-state index contributed by atoms with van der Waals surface area (Å²) in [5.74, 6) is 0.527. The molecule has 0 aliphatic carbocycles. The maximum Gasteiger partial charge on any atom is 0.349 e. The van der Waals surface area contributed by atoms with E-state index in [1.54, 1.807) is 13.8 Å². The van der Waals surface area contributed by atoms with Gasteiger partial charge in [0, 0.05) is 28.7 Å². The van der Waals surface area contributed by atoms with Crippen LogP contribution >= 0.6 is 0 Å². The van der Waals surface area contributed by atoms with Crippen LogP contribution in [-0.2, 0) is 16.1 Å². The predicted molar refractivity (Wildman–Crippen MR) is 160 cm³/mol. The average Bonchev–Trinajstić information content (AvgIpc) is 3.17. The van der Waals surface area contributed by atoms with Crippen molar-refractivity contribution < 1.29 is 19.1 Å². The number of hydrogen-bond acceptors (Lipinski definition) is 4. The Kier molecular flexibility index (Phi) is 8.38. The quantitative estimate of drug-likeness (QED) is 0.227. The number of rotatable bonds is 9. The second-order valence-electron chi connectivity index (χ2n) is 11.3. The number of nitrogens with one attached hydrogen (secondary N) is 1. The average molecular weight is 541 g/mol. The van der Waals surface area contributed by atoms with E-state index in [-0.39, 0.29) is 11.9 Å². The molecule has 1 amide bonds. The Morgan fingerprint density at radius 2 is 1.60 bits per heavy atom. The summed E-state index contributed by atoms with van der Waals surface area (Å²) in [4.78, 5) is 25.2. The number of fused-ring (bicyclic) bond motifs is 1. The molecule has 0 bridgehead atoms. The van der Waals surface area contributed by atoms with E-state index in [4.69, 9.17) is 9.47 Å². The van der Waals surface area contributed by atoms with Gasteiger partial charge >= 0.3 is 5.97 Å². The first kappa shape index (κ1) is 28.9. The van der Waals surface area contributed by atoms with Crippen LogP contribution in [0.15, 0.2) is 66.7 Å². The van der Waals surface area contributed by atoms with Gasteiger partial charge in [0.05, 0.1) is 13.2 Å². The van der Waals surface area contributed by atoms with Crippen molar-refractivity contribution in [1.82, 2.24) is 9.88 Å². The highest BCUT2D eigenvalue weighted by Gasteiger charge is 2.31. The van der Waals surface area contributed by atoms with Crippen LogP contribution in [0.5, 0.6) is 5.75 Å². The molecule has 1 N–H and O–H groups in total. The molecular weight excluding hydrogens is 500 g/mol. The molecule has 1 atom stereocenters. The summed E-state index contributed by atoms with van der Waals surface area (Å²) in [7, 11) is 1.35. The van der Waals surface area contributed by atoms with Gasteiger partial charge in [-0.2, -0.15) is 0 Å². The first-order valence-corrected chi connectivity index (χ1v) is 13.8. The number of aryl methyl sites for hydroxylation is 1. The Labute approximate surface area is 237 Å². The van der Waals surface area contributed by atoms with Crippen molar-refractivity contribution in [3.8, 4) is 5.75 Å². The van der Waals surface area contributed by atoms with E-state index >= 15 is 0 Å². The molecule has 0 aliphatic rings. The molecule has 40 heavy (non-hydrogen) atoms. The summed E-state index contributed by atoms with van der Waals surface area (Å²) in [5.41, 5.74) is 6.43. The standard InChI is InChI=1S/C34H40N2O4/c1-21(2)26-10-9-11-27(18-26)23(4)35-32(37)28-14-17-31-30(19-28)22(3)24(5)36(31)20-25-12-15-29(16-13-25)40-34(6,7)33(38)39-8/h9-19,21,23H,20H2,1-8H3,(H,35,37). The Morgan fingerprint density at radius 1 is 0.925 bits per heavy atom. The molecule has 0 spiro atoms. The first-order chi connectivity index (χ1) is 18.9. The molecule has 210 valence electrons. The number of carbonyl (C=O) groups excluding carboxylic acids is 2. The highest BCUT2D eigenvalue weighted by atomic mass is 16.6. The van der Waals surface area contributed by atoms with Crippen LogP contribution in [0, 0.1) is 13.8 Å². The normalized spacial score (nSPS) is 12.4. The predicted octanol–water partition coefficient (Wildman–Crippen LogP) is 7.25. The van der Waals surface area contributed by atoms with Gasteiger partial charge in [0.1, 0.15) is 5.75 Å². The Bertz CT molecular complexity index is 1530. The van der Waals surface area contributed by atoms with E-state index in [2.05, 4.69) is 61.8 Å². The van der Waals surface area contributed by atoms with Crippen LogP contribution in [0.1, 0.15) is 84.9 Å². The van der Waals surface area contributed by atoms with Gasteiger partial charge in [-0.3, -0.25) is 4.79 Å². The van der Waals surface area contributed by atoms with Gasteiger partial charge in [0.2, 0.25) is 0 Å². The Hall–Kier alpha value is -4.06. The molecular formula is C34H40N2O4. The summed E-state index contributed by atoms with van der Waals surface area (Å²) < 4.78 is 12.9. The molecule has 0 aliphatic heterocycles. The lowest BCUT2D eigenvalue weighted by atomic mass is 9.98. The molecule has 1 unspecified atom stereocenters. The van der Waals surface area contributed by atoms with E-state index in [9.17, 15) is 9.59 Å². The van der Waals surface area contributed by atoms with Crippen LogP contribution in [0.25, 0.3) is 10.9 Å². The lowest BCUT2D eigenvalue weighted by Gasteiger charge is -2.23. The molecule has 6 nitrogen and oxygen atoms in total. The van der Waals surface area contributed by atoms with Gasteiger partial charge in [-0.15, -0.1) is 0 Å². The van der Waals surface area contributed by atoms with Gasteiger partial charge in [-0.1, -0.05) is 50.2 Å². The minimum atomic E-state index is -1.07. The van der Waals surface area contributed by atoms with Crippen molar-refractivity contribution in [2.24, 2.45) is 0 Å². The van der Waals surface area contributed by atoms with Crippen molar-refractivity contribution in [2.75, 3.05) is 7.11 Å². The lowest BCUT2D eigenvalue weighted by molar-refractivity contribution is -0.156. The van der Waals surface area contributed by atoms with Crippen LogP contribution in [-0.4, -0.2) is 29.2 Å². The van der Waals surface area contributed by atoms with E-state index < -0.39 is 11.6 Å². The van der Waals surface area contributed by atoms with Crippen LogP contribution in [0.2, 0.25) is 0 Å². The molecule has 1 aromatic heterocycles. The minimum absolute atomic E-state index is 0.0837. The molecule has 0 saturated heterocycles. The van der Waals surface area contributed by atoms with E-state index in [0.29, 0.717) is 23.8 Å². The van der Waals surface area contributed by atoms with Crippen molar-refractivity contribution in [1.29, 1.82) is 0 Å². The second-order valence-corrected chi connectivity index (χ2v) is 11.3. The monoisotopic (exact) mass is 540 g/mol. The summed E-state index contributed by atoms with van der Waals surface area (Å²) >= 11 is 0. The van der Waals surface area contributed by atoms with E-state index in [1.165, 1.54) is 12.7 Å². The maximum atomic E-state index is 13.2. The van der Waals surface area contributed by atoms with E-state index in [0.717, 1.165) is 33.3 Å². The third-order valence-electron chi connectivity index (χ3n) is 7.64. The topological polar surface area (TPSA) is 69.6 Å².